The first-order valence-corrected chi connectivity index (χ1v) is 8.20. The molecule has 0 saturated heterocycles. The minimum Gasteiger partial charge on any atom is -0.321 e. The Morgan fingerprint density at radius 1 is 1.04 bits per heavy atom. The first kappa shape index (κ1) is 16.5. The summed E-state index contributed by atoms with van der Waals surface area (Å²) in [4.78, 5) is 12.4. The Balaban J connectivity index is 1.82. The Hall–Kier alpha value is -3.38. The Bertz CT molecular complexity index is 979. The summed E-state index contributed by atoms with van der Waals surface area (Å²) in [5, 5.41) is 14.3. The molecule has 3 nitrogen and oxygen atoms in total. The lowest BCUT2D eigenvalue weighted by Gasteiger charge is -2.05. The molecule has 3 heteroatoms. The summed E-state index contributed by atoms with van der Waals surface area (Å²) >= 11 is 0. The van der Waals surface area contributed by atoms with Gasteiger partial charge in [0, 0.05) is 5.69 Å². The number of nitrogens with one attached hydrogen (secondary N) is 1. The fourth-order valence-electron chi connectivity index (χ4n) is 2.64. The number of hydrogen-bond acceptors (Lipinski definition) is 2. The maximum absolute atomic E-state index is 12.4. The number of carbonyl (C=O) groups excluding carboxylic acids is 1. The maximum Gasteiger partial charge on any atom is 0.266 e. The van der Waals surface area contributed by atoms with E-state index in [1.807, 2.05) is 72.8 Å². The first-order valence-electron chi connectivity index (χ1n) is 8.20. The zero-order valence-corrected chi connectivity index (χ0v) is 14.0. The molecule has 0 bridgehead atoms. The second kappa shape index (κ2) is 7.46. The standard InChI is InChI=1S/C22H18N2O/c1-2-16-8-11-21(12-9-16)24-22(25)20(15-23)14-17-7-10-18-5-3-4-6-19(18)13-17/h3-14H,2H2,1H3,(H,24,25)/b20-14+. The molecule has 0 heterocycles. The van der Waals surface area contributed by atoms with Gasteiger partial charge in [-0.3, -0.25) is 4.79 Å². The molecule has 0 aromatic heterocycles. The zero-order chi connectivity index (χ0) is 17.6. The second-order valence-corrected chi connectivity index (χ2v) is 5.78. The van der Waals surface area contributed by atoms with E-state index in [0.29, 0.717) is 5.69 Å². The normalized spacial score (nSPS) is 11.1. The van der Waals surface area contributed by atoms with Gasteiger partial charge in [0.1, 0.15) is 11.6 Å². The largest absolute Gasteiger partial charge is 0.321 e. The van der Waals surface area contributed by atoms with Crippen LogP contribution in [-0.2, 0) is 11.2 Å². The number of fused-ring (bicyclic) bond motifs is 1. The predicted molar refractivity (Wildman–Crippen MR) is 102 cm³/mol. The van der Waals surface area contributed by atoms with E-state index in [9.17, 15) is 10.1 Å². The maximum atomic E-state index is 12.4. The van der Waals surface area contributed by atoms with Crippen molar-refractivity contribution in [3.8, 4) is 6.07 Å². The van der Waals surface area contributed by atoms with Crippen molar-refractivity contribution in [3.05, 3.63) is 83.4 Å². The average molecular weight is 326 g/mol. The molecule has 1 amide bonds. The van der Waals surface area contributed by atoms with Crippen LogP contribution in [-0.4, -0.2) is 5.91 Å². The lowest BCUT2D eigenvalue weighted by Crippen LogP contribution is -2.13. The number of amides is 1. The summed E-state index contributed by atoms with van der Waals surface area (Å²) in [6.45, 7) is 2.08. The monoisotopic (exact) mass is 326 g/mol. The summed E-state index contributed by atoms with van der Waals surface area (Å²) in [5.74, 6) is -0.403. The number of nitriles is 1. The fourth-order valence-corrected chi connectivity index (χ4v) is 2.64. The van der Waals surface area contributed by atoms with E-state index in [4.69, 9.17) is 0 Å². The van der Waals surface area contributed by atoms with E-state index >= 15 is 0 Å². The molecule has 0 atom stereocenters. The van der Waals surface area contributed by atoms with Crippen LogP contribution in [0.15, 0.2) is 72.3 Å². The molecule has 3 rings (SSSR count). The summed E-state index contributed by atoms with van der Waals surface area (Å²) in [5.41, 5.74) is 2.79. The summed E-state index contributed by atoms with van der Waals surface area (Å²) in [7, 11) is 0. The van der Waals surface area contributed by atoms with Crippen molar-refractivity contribution in [2.75, 3.05) is 5.32 Å². The highest BCUT2D eigenvalue weighted by molar-refractivity contribution is 6.09. The third-order valence-electron chi connectivity index (χ3n) is 4.07. The van der Waals surface area contributed by atoms with Crippen LogP contribution in [0.2, 0.25) is 0 Å². The van der Waals surface area contributed by atoms with Crippen LogP contribution >= 0.6 is 0 Å². The van der Waals surface area contributed by atoms with E-state index in [-0.39, 0.29) is 5.57 Å². The molecule has 25 heavy (non-hydrogen) atoms. The quantitative estimate of drug-likeness (QED) is 0.545. The van der Waals surface area contributed by atoms with Crippen LogP contribution in [0.3, 0.4) is 0 Å². The van der Waals surface area contributed by atoms with Crippen molar-refractivity contribution in [1.29, 1.82) is 5.26 Å². The highest BCUT2D eigenvalue weighted by Crippen LogP contribution is 2.18. The number of rotatable bonds is 4. The molecular weight excluding hydrogens is 308 g/mol. The fraction of sp³-hybridized carbons (Fsp3) is 0.0909. The van der Waals surface area contributed by atoms with Gasteiger partial charge in [-0.15, -0.1) is 0 Å². The van der Waals surface area contributed by atoms with Crippen LogP contribution in [0.5, 0.6) is 0 Å². The van der Waals surface area contributed by atoms with Crippen molar-refractivity contribution in [3.63, 3.8) is 0 Å². The lowest BCUT2D eigenvalue weighted by atomic mass is 10.0. The number of benzene rings is 3. The van der Waals surface area contributed by atoms with Gasteiger partial charge < -0.3 is 5.32 Å². The van der Waals surface area contributed by atoms with E-state index in [0.717, 1.165) is 22.8 Å². The SMILES string of the molecule is CCc1ccc(NC(=O)/C(C#N)=C/c2ccc3ccccc3c2)cc1. The van der Waals surface area contributed by atoms with E-state index in [1.165, 1.54) is 5.56 Å². The molecule has 0 spiro atoms. The van der Waals surface area contributed by atoms with Gasteiger partial charge in [0.25, 0.3) is 5.91 Å². The smallest absolute Gasteiger partial charge is 0.266 e. The molecule has 0 saturated carbocycles. The van der Waals surface area contributed by atoms with Crippen molar-refractivity contribution in [1.82, 2.24) is 0 Å². The van der Waals surface area contributed by atoms with E-state index in [1.54, 1.807) is 6.08 Å². The Kier molecular flexibility index (Phi) is 4.92. The Labute approximate surface area is 147 Å². The number of nitrogens with zero attached hydrogens (tertiary/aromatic N) is 1. The van der Waals surface area contributed by atoms with Crippen LogP contribution in [0.4, 0.5) is 5.69 Å². The molecule has 1 N–H and O–H groups in total. The molecule has 0 aliphatic carbocycles. The van der Waals surface area contributed by atoms with Crippen molar-refractivity contribution >= 4 is 28.4 Å². The van der Waals surface area contributed by atoms with Gasteiger partial charge in [-0.1, -0.05) is 55.5 Å². The number of carbonyl (C=O) groups is 1. The molecule has 0 aliphatic rings. The van der Waals surface area contributed by atoms with Gasteiger partial charge in [0.2, 0.25) is 0 Å². The number of aryl methyl sites for hydroxylation is 1. The molecule has 3 aromatic rings. The highest BCUT2D eigenvalue weighted by Gasteiger charge is 2.09. The highest BCUT2D eigenvalue weighted by atomic mass is 16.1. The zero-order valence-electron chi connectivity index (χ0n) is 14.0. The van der Waals surface area contributed by atoms with Gasteiger partial charge in [-0.05, 0) is 52.6 Å². The molecule has 3 aromatic carbocycles. The minimum absolute atomic E-state index is 0.0786. The van der Waals surface area contributed by atoms with Gasteiger partial charge in [-0.2, -0.15) is 5.26 Å². The van der Waals surface area contributed by atoms with Gasteiger partial charge in [0.15, 0.2) is 0 Å². The summed E-state index contributed by atoms with van der Waals surface area (Å²) < 4.78 is 0. The van der Waals surface area contributed by atoms with Gasteiger partial charge in [0.05, 0.1) is 0 Å². The Morgan fingerprint density at radius 3 is 2.44 bits per heavy atom. The summed E-state index contributed by atoms with van der Waals surface area (Å²) in [6.07, 6.45) is 2.56. The lowest BCUT2D eigenvalue weighted by molar-refractivity contribution is -0.112. The molecule has 122 valence electrons. The van der Waals surface area contributed by atoms with Gasteiger partial charge in [-0.25, -0.2) is 0 Å². The molecule has 0 aliphatic heterocycles. The van der Waals surface area contributed by atoms with Crippen LogP contribution in [0, 0.1) is 11.3 Å². The number of hydrogen-bond donors (Lipinski definition) is 1. The predicted octanol–water partition coefficient (Wildman–Crippen LogP) is 4.95. The molecule has 0 unspecified atom stereocenters. The first-order chi connectivity index (χ1) is 12.2. The Morgan fingerprint density at radius 2 is 1.76 bits per heavy atom. The average Bonchev–Trinajstić information content (AvgIpc) is 2.66. The minimum atomic E-state index is -0.403. The van der Waals surface area contributed by atoms with E-state index < -0.39 is 5.91 Å². The second-order valence-electron chi connectivity index (χ2n) is 5.78. The van der Waals surface area contributed by atoms with Crippen LogP contribution in [0.25, 0.3) is 16.8 Å². The van der Waals surface area contributed by atoms with Crippen molar-refractivity contribution in [2.45, 2.75) is 13.3 Å². The van der Waals surface area contributed by atoms with Crippen LogP contribution < -0.4 is 5.32 Å². The van der Waals surface area contributed by atoms with Gasteiger partial charge >= 0.3 is 0 Å². The van der Waals surface area contributed by atoms with Crippen molar-refractivity contribution in [2.24, 2.45) is 0 Å². The third-order valence-corrected chi connectivity index (χ3v) is 4.07. The topological polar surface area (TPSA) is 52.9 Å². The molecule has 0 fully saturated rings. The molecule has 0 radical (unpaired) electrons. The summed E-state index contributed by atoms with van der Waals surface area (Å²) in [6, 6.07) is 23.5. The van der Waals surface area contributed by atoms with E-state index in [2.05, 4.69) is 12.2 Å². The molecular formula is C22H18N2O. The number of anilines is 1. The third kappa shape index (κ3) is 3.94. The van der Waals surface area contributed by atoms with Crippen LogP contribution in [0.1, 0.15) is 18.1 Å². The van der Waals surface area contributed by atoms with Crippen molar-refractivity contribution < 1.29 is 4.79 Å².